The van der Waals surface area contributed by atoms with E-state index in [1.165, 1.54) is 12.3 Å². The fourth-order valence-electron chi connectivity index (χ4n) is 1.62. The molecule has 5 heteroatoms. The summed E-state index contributed by atoms with van der Waals surface area (Å²) in [6.07, 6.45) is 2.40. The van der Waals surface area contributed by atoms with Gasteiger partial charge >= 0.3 is 0 Å². The lowest BCUT2D eigenvalue weighted by Crippen LogP contribution is -2.37. The van der Waals surface area contributed by atoms with Crippen LogP contribution in [0, 0.1) is 0 Å². The van der Waals surface area contributed by atoms with E-state index in [1.54, 1.807) is 11.0 Å². The van der Waals surface area contributed by atoms with Gasteiger partial charge in [-0.2, -0.15) is 0 Å². The van der Waals surface area contributed by atoms with Gasteiger partial charge in [0.05, 0.1) is 0 Å². The third-order valence-corrected chi connectivity index (χ3v) is 2.59. The van der Waals surface area contributed by atoms with Crippen LogP contribution in [0.15, 0.2) is 18.3 Å². The Morgan fingerprint density at radius 2 is 2.06 bits per heavy atom. The van der Waals surface area contributed by atoms with Crippen molar-refractivity contribution in [2.45, 2.75) is 13.3 Å². The monoisotopic (exact) mass is 251 g/mol. The molecule has 0 unspecified atom stereocenters. The molecular formula is C13H21N3O2. The zero-order chi connectivity index (χ0) is 13.5. The van der Waals surface area contributed by atoms with Crippen LogP contribution in [0.5, 0.6) is 5.75 Å². The average Bonchev–Trinajstić information content (AvgIpc) is 2.34. The number of rotatable bonds is 6. The van der Waals surface area contributed by atoms with Crippen LogP contribution in [-0.4, -0.2) is 59.5 Å². The number of carbonyl (C=O) groups excluding carboxylic acids is 1. The van der Waals surface area contributed by atoms with Crippen LogP contribution in [0.1, 0.15) is 23.8 Å². The number of aromatic hydroxyl groups is 1. The highest BCUT2D eigenvalue weighted by Gasteiger charge is 2.19. The van der Waals surface area contributed by atoms with Crippen molar-refractivity contribution < 1.29 is 9.90 Å². The SMILES string of the molecule is CCCN(CCN(C)C)C(=O)c1ncccc1O. The molecule has 1 aromatic rings. The molecule has 1 heterocycles. The number of aromatic nitrogens is 1. The molecule has 0 saturated carbocycles. The smallest absolute Gasteiger partial charge is 0.276 e. The van der Waals surface area contributed by atoms with Crippen LogP contribution in [0.2, 0.25) is 0 Å². The molecule has 0 aromatic carbocycles. The van der Waals surface area contributed by atoms with Crippen molar-refractivity contribution >= 4 is 5.91 Å². The van der Waals surface area contributed by atoms with Gasteiger partial charge < -0.3 is 14.9 Å². The number of likely N-dealkylation sites (N-methyl/N-ethyl adjacent to an activating group) is 1. The highest BCUT2D eigenvalue weighted by atomic mass is 16.3. The molecule has 0 saturated heterocycles. The van der Waals surface area contributed by atoms with Crippen molar-refractivity contribution in [2.75, 3.05) is 33.7 Å². The van der Waals surface area contributed by atoms with Gasteiger partial charge in [0, 0.05) is 25.8 Å². The van der Waals surface area contributed by atoms with Gasteiger partial charge in [0.1, 0.15) is 5.75 Å². The molecule has 0 bridgehead atoms. The van der Waals surface area contributed by atoms with Gasteiger partial charge in [-0.3, -0.25) is 4.79 Å². The summed E-state index contributed by atoms with van der Waals surface area (Å²) in [5.41, 5.74) is 0.129. The Balaban J connectivity index is 2.79. The van der Waals surface area contributed by atoms with Crippen molar-refractivity contribution in [1.82, 2.24) is 14.8 Å². The topological polar surface area (TPSA) is 56.7 Å². The van der Waals surface area contributed by atoms with Crippen LogP contribution in [0.4, 0.5) is 0 Å². The van der Waals surface area contributed by atoms with Crippen molar-refractivity contribution in [3.05, 3.63) is 24.0 Å². The number of carbonyl (C=O) groups is 1. The first-order valence-electron chi connectivity index (χ1n) is 6.14. The minimum atomic E-state index is -0.211. The standard InChI is InChI=1S/C13H21N3O2/c1-4-8-16(10-9-15(2)3)13(18)12-11(17)6-5-7-14-12/h5-7,17H,4,8-10H2,1-3H3. The van der Waals surface area contributed by atoms with E-state index in [-0.39, 0.29) is 17.4 Å². The number of pyridine rings is 1. The second-order valence-electron chi connectivity index (χ2n) is 4.47. The molecule has 0 aliphatic carbocycles. The maximum atomic E-state index is 12.3. The molecule has 5 nitrogen and oxygen atoms in total. The summed E-state index contributed by atoms with van der Waals surface area (Å²) in [5, 5.41) is 9.66. The fourth-order valence-corrected chi connectivity index (χ4v) is 1.62. The van der Waals surface area contributed by atoms with E-state index >= 15 is 0 Å². The zero-order valence-electron chi connectivity index (χ0n) is 11.3. The van der Waals surface area contributed by atoms with E-state index in [4.69, 9.17) is 0 Å². The first kappa shape index (κ1) is 14.4. The minimum Gasteiger partial charge on any atom is -0.505 e. The predicted molar refractivity (Wildman–Crippen MR) is 70.7 cm³/mol. The van der Waals surface area contributed by atoms with Crippen molar-refractivity contribution in [1.29, 1.82) is 0 Å². The maximum absolute atomic E-state index is 12.3. The summed E-state index contributed by atoms with van der Waals surface area (Å²) in [7, 11) is 3.93. The van der Waals surface area contributed by atoms with E-state index < -0.39 is 0 Å². The highest BCUT2D eigenvalue weighted by Crippen LogP contribution is 2.15. The van der Waals surface area contributed by atoms with Crippen LogP contribution in [0.25, 0.3) is 0 Å². The first-order chi connectivity index (χ1) is 8.56. The van der Waals surface area contributed by atoms with Crippen molar-refractivity contribution in [2.24, 2.45) is 0 Å². The van der Waals surface area contributed by atoms with Gasteiger partial charge in [-0.15, -0.1) is 0 Å². The Bertz CT molecular complexity index is 394. The van der Waals surface area contributed by atoms with Crippen LogP contribution >= 0.6 is 0 Å². The third kappa shape index (κ3) is 4.00. The lowest BCUT2D eigenvalue weighted by atomic mass is 10.2. The molecule has 1 N–H and O–H groups in total. The Morgan fingerprint density at radius 3 is 2.61 bits per heavy atom. The van der Waals surface area contributed by atoms with Crippen LogP contribution < -0.4 is 0 Å². The third-order valence-electron chi connectivity index (χ3n) is 2.59. The van der Waals surface area contributed by atoms with Gasteiger partial charge in [0.2, 0.25) is 0 Å². The zero-order valence-corrected chi connectivity index (χ0v) is 11.3. The highest BCUT2D eigenvalue weighted by molar-refractivity contribution is 5.94. The summed E-state index contributed by atoms with van der Waals surface area (Å²) in [5.74, 6) is -0.273. The number of hydrogen-bond acceptors (Lipinski definition) is 4. The van der Waals surface area contributed by atoms with E-state index in [1.807, 2.05) is 25.9 Å². The Morgan fingerprint density at radius 1 is 1.33 bits per heavy atom. The molecule has 1 rings (SSSR count). The first-order valence-corrected chi connectivity index (χ1v) is 6.14. The lowest BCUT2D eigenvalue weighted by molar-refractivity contribution is 0.0735. The van der Waals surface area contributed by atoms with E-state index in [0.717, 1.165) is 13.0 Å². The molecule has 0 fully saturated rings. The molecule has 1 aromatic heterocycles. The van der Waals surface area contributed by atoms with E-state index in [2.05, 4.69) is 4.98 Å². The minimum absolute atomic E-state index is 0.0616. The van der Waals surface area contributed by atoms with Gasteiger partial charge in [-0.25, -0.2) is 4.98 Å². The second-order valence-corrected chi connectivity index (χ2v) is 4.47. The molecule has 0 spiro atoms. The summed E-state index contributed by atoms with van der Waals surface area (Å²) in [4.78, 5) is 20.0. The molecule has 0 radical (unpaired) electrons. The second kappa shape index (κ2) is 6.96. The van der Waals surface area contributed by atoms with Crippen LogP contribution in [0.3, 0.4) is 0 Å². The van der Waals surface area contributed by atoms with E-state index in [0.29, 0.717) is 13.1 Å². The Kier molecular flexibility index (Phi) is 5.58. The largest absolute Gasteiger partial charge is 0.505 e. The molecule has 1 amide bonds. The average molecular weight is 251 g/mol. The summed E-state index contributed by atoms with van der Waals surface area (Å²) in [6, 6.07) is 3.09. The fraction of sp³-hybridized carbons (Fsp3) is 0.538. The maximum Gasteiger partial charge on any atom is 0.276 e. The summed E-state index contributed by atoms with van der Waals surface area (Å²) >= 11 is 0. The molecule has 0 aliphatic rings. The molecular weight excluding hydrogens is 230 g/mol. The number of hydrogen-bond donors (Lipinski definition) is 1. The van der Waals surface area contributed by atoms with Gasteiger partial charge in [-0.05, 0) is 32.6 Å². The summed E-state index contributed by atoms with van der Waals surface area (Å²) in [6.45, 7) is 4.12. The predicted octanol–water partition coefficient (Wildman–Crippen LogP) is 1.20. The van der Waals surface area contributed by atoms with Gasteiger partial charge in [0.15, 0.2) is 5.69 Å². The molecule has 18 heavy (non-hydrogen) atoms. The Labute approximate surface area is 108 Å². The van der Waals surface area contributed by atoms with Crippen LogP contribution in [-0.2, 0) is 0 Å². The number of nitrogens with zero attached hydrogens (tertiary/aromatic N) is 3. The summed E-state index contributed by atoms with van der Waals surface area (Å²) < 4.78 is 0. The van der Waals surface area contributed by atoms with Crippen molar-refractivity contribution in [3.8, 4) is 5.75 Å². The normalized spacial score (nSPS) is 10.7. The lowest BCUT2D eigenvalue weighted by Gasteiger charge is -2.23. The van der Waals surface area contributed by atoms with Crippen molar-refractivity contribution in [3.63, 3.8) is 0 Å². The Hall–Kier alpha value is -1.62. The molecule has 0 aliphatic heterocycles. The molecule has 0 atom stereocenters. The van der Waals surface area contributed by atoms with E-state index in [9.17, 15) is 9.90 Å². The number of amides is 1. The van der Waals surface area contributed by atoms with Gasteiger partial charge in [0.25, 0.3) is 5.91 Å². The molecule has 100 valence electrons. The van der Waals surface area contributed by atoms with Gasteiger partial charge in [-0.1, -0.05) is 6.92 Å². The quantitative estimate of drug-likeness (QED) is 0.825.